The maximum Gasteiger partial charge on any atom is 0.339 e. The van der Waals surface area contributed by atoms with Crippen molar-refractivity contribution >= 4 is 40.9 Å². The monoisotopic (exact) mass is 604 g/mol. The average Bonchev–Trinajstić information content (AvgIpc) is 3.52. The molecule has 5 rings (SSSR count). The van der Waals surface area contributed by atoms with E-state index in [1.54, 1.807) is 55.6 Å². The standard InChI is InChI=1S/C34H28N4O5S/c1-42-27-16-14-25(15-17-27)30-19-29(24-9-3-2-4-10-24)37-38(30)33(40)21-43-34(41)28-12-5-6-13-31(28)44-22-32(39)36-26-11-7-8-23(18-26)20-35/h2-18,30H,19,21-22H2,1H3,(H,36,39)/t30-/m0/s1. The van der Waals surface area contributed by atoms with E-state index in [-0.39, 0.29) is 23.3 Å². The number of thioether (sulfide) groups is 1. The van der Waals surface area contributed by atoms with Gasteiger partial charge in [-0.2, -0.15) is 10.4 Å². The van der Waals surface area contributed by atoms with Gasteiger partial charge in [0.1, 0.15) is 5.75 Å². The molecule has 1 aliphatic heterocycles. The highest BCUT2D eigenvalue weighted by atomic mass is 32.2. The van der Waals surface area contributed by atoms with E-state index in [1.807, 2.05) is 60.7 Å². The van der Waals surface area contributed by atoms with E-state index in [9.17, 15) is 14.4 Å². The molecule has 4 aromatic rings. The van der Waals surface area contributed by atoms with Crippen LogP contribution in [-0.2, 0) is 14.3 Å². The Kier molecular flexibility index (Phi) is 9.69. The Labute approximate surface area is 259 Å². The third-order valence-electron chi connectivity index (χ3n) is 6.84. The number of anilines is 1. The molecule has 0 aromatic heterocycles. The Bertz CT molecular complexity index is 1730. The first kappa shape index (κ1) is 30.1. The number of rotatable bonds is 10. The summed E-state index contributed by atoms with van der Waals surface area (Å²) in [5.41, 5.74) is 3.72. The second-order valence-corrected chi connectivity index (χ2v) is 10.8. The summed E-state index contributed by atoms with van der Waals surface area (Å²) in [6, 6.07) is 32.1. The number of nitriles is 1. The molecule has 0 bridgehead atoms. The van der Waals surface area contributed by atoms with Gasteiger partial charge in [-0.25, -0.2) is 9.80 Å². The summed E-state index contributed by atoms with van der Waals surface area (Å²) in [7, 11) is 1.59. The number of nitrogens with zero attached hydrogens (tertiary/aromatic N) is 3. The third-order valence-corrected chi connectivity index (χ3v) is 7.91. The first-order valence-electron chi connectivity index (χ1n) is 13.7. The van der Waals surface area contributed by atoms with Crippen LogP contribution in [0.3, 0.4) is 0 Å². The molecule has 0 unspecified atom stereocenters. The lowest BCUT2D eigenvalue weighted by Gasteiger charge is -2.22. The van der Waals surface area contributed by atoms with Crippen LogP contribution in [0.1, 0.15) is 39.5 Å². The Balaban J connectivity index is 1.25. The summed E-state index contributed by atoms with van der Waals surface area (Å²) in [4.78, 5) is 39.6. The van der Waals surface area contributed by atoms with E-state index >= 15 is 0 Å². The van der Waals surface area contributed by atoms with Crippen LogP contribution in [0.4, 0.5) is 5.69 Å². The number of ether oxygens (including phenoxy) is 2. The SMILES string of the molecule is COc1ccc([C@@H]2CC(c3ccccc3)=NN2C(=O)COC(=O)c2ccccc2SCC(=O)Nc2cccc(C#N)c2)cc1. The van der Waals surface area contributed by atoms with Crippen molar-refractivity contribution in [2.75, 3.05) is 24.8 Å². The van der Waals surface area contributed by atoms with Gasteiger partial charge in [-0.3, -0.25) is 9.59 Å². The zero-order chi connectivity index (χ0) is 30.9. The summed E-state index contributed by atoms with van der Waals surface area (Å²) >= 11 is 1.17. The van der Waals surface area contributed by atoms with Gasteiger partial charge in [-0.05, 0) is 53.6 Å². The molecule has 1 atom stereocenters. The highest BCUT2D eigenvalue weighted by molar-refractivity contribution is 8.00. The summed E-state index contributed by atoms with van der Waals surface area (Å²) in [6.45, 7) is -0.508. The van der Waals surface area contributed by atoms with Crippen molar-refractivity contribution in [1.29, 1.82) is 5.26 Å². The molecule has 1 aliphatic rings. The van der Waals surface area contributed by atoms with E-state index in [2.05, 4.69) is 10.4 Å². The number of nitrogens with one attached hydrogen (secondary N) is 1. The normalized spacial score (nSPS) is 13.9. The lowest BCUT2D eigenvalue weighted by molar-refractivity contribution is -0.136. The Morgan fingerprint density at radius 3 is 2.48 bits per heavy atom. The fourth-order valence-electron chi connectivity index (χ4n) is 4.67. The minimum atomic E-state index is -0.684. The molecule has 44 heavy (non-hydrogen) atoms. The zero-order valence-electron chi connectivity index (χ0n) is 23.8. The van der Waals surface area contributed by atoms with Gasteiger partial charge in [0.15, 0.2) is 6.61 Å². The lowest BCUT2D eigenvalue weighted by atomic mass is 9.98. The van der Waals surface area contributed by atoms with Crippen LogP contribution in [0.15, 0.2) is 113 Å². The quantitative estimate of drug-likeness (QED) is 0.179. The number of carbonyl (C=O) groups excluding carboxylic acids is 3. The van der Waals surface area contributed by atoms with Gasteiger partial charge in [0.2, 0.25) is 5.91 Å². The number of benzene rings is 4. The van der Waals surface area contributed by atoms with Crippen molar-refractivity contribution in [3.63, 3.8) is 0 Å². The summed E-state index contributed by atoms with van der Waals surface area (Å²) in [6.07, 6.45) is 0.498. The van der Waals surface area contributed by atoms with Gasteiger partial charge < -0.3 is 14.8 Å². The second-order valence-electron chi connectivity index (χ2n) is 9.75. The largest absolute Gasteiger partial charge is 0.497 e. The number of hydrazone groups is 1. The molecule has 0 saturated heterocycles. The van der Waals surface area contributed by atoms with Crippen LogP contribution in [-0.4, -0.2) is 48.0 Å². The van der Waals surface area contributed by atoms with Gasteiger partial charge >= 0.3 is 5.97 Å². The minimum Gasteiger partial charge on any atom is -0.497 e. The first-order valence-corrected chi connectivity index (χ1v) is 14.7. The van der Waals surface area contributed by atoms with E-state index in [4.69, 9.17) is 14.7 Å². The Morgan fingerprint density at radius 2 is 1.73 bits per heavy atom. The number of esters is 1. The molecule has 220 valence electrons. The number of hydrogen-bond acceptors (Lipinski definition) is 8. The third kappa shape index (κ3) is 7.32. The van der Waals surface area contributed by atoms with Crippen molar-refractivity contribution < 1.29 is 23.9 Å². The van der Waals surface area contributed by atoms with Crippen LogP contribution < -0.4 is 10.1 Å². The number of carbonyl (C=O) groups is 3. The summed E-state index contributed by atoms with van der Waals surface area (Å²) in [5, 5.41) is 17.8. The van der Waals surface area contributed by atoms with E-state index in [1.165, 1.54) is 16.8 Å². The van der Waals surface area contributed by atoms with Crippen LogP contribution in [0.2, 0.25) is 0 Å². The van der Waals surface area contributed by atoms with Gasteiger partial charge in [0.25, 0.3) is 5.91 Å². The summed E-state index contributed by atoms with van der Waals surface area (Å²) < 4.78 is 10.7. The van der Waals surface area contributed by atoms with Gasteiger partial charge in [0, 0.05) is 17.0 Å². The van der Waals surface area contributed by atoms with E-state index in [0.29, 0.717) is 28.3 Å². The van der Waals surface area contributed by atoms with Gasteiger partial charge in [0.05, 0.1) is 41.8 Å². The summed E-state index contributed by atoms with van der Waals surface area (Å²) in [5.74, 6) is -0.724. The Morgan fingerprint density at radius 1 is 0.977 bits per heavy atom. The second kappa shape index (κ2) is 14.2. The molecule has 9 nitrogen and oxygen atoms in total. The zero-order valence-corrected chi connectivity index (χ0v) is 24.6. The van der Waals surface area contributed by atoms with Gasteiger partial charge in [-0.15, -0.1) is 11.8 Å². The molecule has 0 fully saturated rings. The fourth-order valence-corrected chi connectivity index (χ4v) is 5.51. The number of hydrogen-bond donors (Lipinski definition) is 1. The number of methoxy groups -OCH3 is 1. The molecule has 0 saturated carbocycles. The van der Waals surface area contributed by atoms with Gasteiger partial charge in [-0.1, -0.05) is 60.7 Å². The minimum absolute atomic E-state index is 0.0221. The van der Waals surface area contributed by atoms with Crippen molar-refractivity contribution in [2.45, 2.75) is 17.4 Å². The molecule has 4 aromatic carbocycles. The molecular weight excluding hydrogens is 576 g/mol. The number of amides is 2. The highest BCUT2D eigenvalue weighted by Crippen LogP contribution is 2.34. The first-order chi connectivity index (χ1) is 21.4. The topological polar surface area (TPSA) is 121 Å². The van der Waals surface area contributed by atoms with Crippen molar-refractivity contribution in [3.05, 3.63) is 125 Å². The molecule has 10 heteroatoms. The van der Waals surface area contributed by atoms with Crippen molar-refractivity contribution in [2.24, 2.45) is 5.10 Å². The van der Waals surface area contributed by atoms with Crippen LogP contribution >= 0.6 is 11.8 Å². The van der Waals surface area contributed by atoms with Crippen molar-refractivity contribution in [3.8, 4) is 11.8 Å². The maximum atomic E-state index is 13.4. The lowest BCUT2D eigenvalue weighted by Crippen LogP contribution is -2.31. The predicted molar refractivity (Wildman–Crippen MR) is 167 cm³/mol. The molecule has 0 aliphatic carbocycles. The predicted octanol–water partition coefficient (Wildman–Crippen LogP) is 5.83. The van der Waals surface area contributed by atoms with E-state index < -0.39 is 18.5 Å². The van der Waals surface area contributed by atoms with Crippen LogP contribution in [0.5, 0.6) is 5.75 Å². The Hall–Kier alpha value is -5.40. The molecular formula is C34H28N4O5S. The molecule has 0 radical (unpaired) electrons. The maximum absolute atomic E-state index is 13.4. The van der Waals surface area contributed by atoms with Crippen molar-refractivity contribution in [1.82, 2.24) is 5.01 Å². The van der Waals surface area contributed by atoms with Crippen LogP contribution in [0.25, 0.3) is 0 Å². The molecule has 0 spiro atoms. The average molecular weight is 605 g/mol. The molecule has 1 N–H and O–H groups in total. The molecule has 2 amide bonds. The highest BCUT2D eigenvalue weighted by Gasteiger charge is 2.33. The fraction of sp³-hybridized carbons (Fsp3) is 0.147. The smallest absolute Gasteiger partial charge is 0.339 e. The van der Waals surface area contributed by atoms with E-state index in [0.717, 1.165) is 16.8 Å². The molecule has 1 heterocycles. The van der Waals surface area contributed by atoms with Crippen LogP contribution in [0, 0.1) is 11.3 Å².